The van der Waals surface area contributed by atoms with E-state index in [1.165, 1.54) is 6.07 Å². The van der Waals surface area contributed by atoms with Gasteiger partial charge in [-0.2, -0.15) is 0 Å². The molecule has 2 N–H and O–H groups in total. The summed E-state index contributed by atoms with van der Waals surface area (Å²) in [5.74, 6) is -1.17. The van der Waals surface area contributed by atoms with Crippen LogP contribution in [0.4, 0.5) is 5.69 Å². The number of anilines is 1. The number of amides is 1. The molecule has 0 saturated carbocycles. The number of fused-ring (bicyclic) bond motifs is 4. The predicted molar refractivity (Wildman–Crippen MR) is 133 cm³/mol. The molecule has 1 amide bonds. The van der Waals surface area contributed by atoms with Crippen LogP contribution in [-0.2, 0) is 30.9 Å². The second-order valence-electron chi connectivity index (χ2n) is 7.97. The van der Waals surface area contributed by atoms with Crippen LogP contribution in [0.1, 0.15) is 12.5 Å². The van der Waals surface area contributed by atoms with E-state index in [9.17, 15) is 18.0 Å². The maximum atomic E-state index is 12.4. The van der Waals surface area contributed by atoms with E-state index in [2.05, 4.69) is 32.6 Å². The first-order valence-electron chi connectivity index (χ1n) is 11.0. The van der Waals surface area contributed by atoms with Crippen molar-refractivity contribution in [2.24, 2.45) is 4.99 Å². The van der Waals surface area contributed by atoms with E-state index in [0.717, 1.165) is 28.4 Å². The molecule has 0 fully saturated rings. The molecule has 35 heavy (non-hydrogen) atoms. The number of esters is 1. The number of aryl methyl sites for hydroxylation is 1. The summed E-state index contributed by atoms with van der Waals surface area (Å²) < 4.78 is 33.8. The number of nitrogens with zero attached hydrogens (tertiary/aromatic N) is 2. The molecule has 178 valence electrons. The highest BCUT2D eigenvalue weighted by Crippen LogP contribution is 2.31. The number of hydrogen-bond donors (Lipinski definition) is 2. The molecule has 0 saturated heterocycles. The third-order valence-electron chi connectivity index (χ3n) is 5.77. The molecular formula is C25H22N4O5S. The second-order valence-corrected chi connectivity index (χ2v) is 9.62. The molecule has 0 aliphatic carbocycles. The summed E-state index contributed by atoms with van der Waals surface area (Å²) in [5, 5.41) is 4.86. The molecule has 1 aliphatic heterocycles. The number of aliphatic imine (C=N–C) groups is 1. The van der Waals surface area contributed by atoms with Gasteiger partial charge in [-0.15, -0.1) is 0 Å². The molecule has 4 aromatic rings. The zero-order valence-corrected chi connectivity index (χ0v) is 19.6. The van der Waals surface area contributed by atoms with Crippen LogP contribution in [0, 0.1) is 0 Å². The average Bonchev–Trinajstić information content (AvgIpc) is 3.32. The maximum Gasteiger partial charge on any atom is 0.328 e. The van der Waals surface area contributed by atoms with Gasteiger partial charge in [0.1, 0.15) is 12.4 Å². The Morgan fingerprint density at radius 3 is 2.57 bits per heavy atom. The lowest BCUT2D eigenvalue weighted by atomic mass is 10.1. The van der Waals surface area contributed by atoms with Crippen molar-refractivity contribution in [3.8, 4) is 0 Å². The fourth-order valence-electron chi connectivity index (χ4n) is 4.26. The predicted octanol–water partition coefficient (Wildman–Crippen LogP) is 3.03. The molecule has 1 aliphatic rings. The van der Waals surface area contributed by atoms with Crippen molar-refractivity contribution >= 4 is 55.2 Å². The van der Waals surface area contributed by atoms with Gasteiger partial charge in [-0.1, -0.05) is 30.3 Å². The fraction of sp³-hybridized carbons (Fsp3) is 0.160. The number of ether oxygens (including phenoxy) is 1. The molecule has 1 aromatic heterocycles. The summed E-state index contributed by atoms with van der Waals surface area (Å²) in [5.41, 5.74) is 3.17. The number of rotatable bonds is 6. The fourth-order valence-corrected chi connectivity index (χ4v) is 5.51. The summed E-state index contributed by atoms with van der Waals surface area (Å²) in [6.45, 7) is 1.99. The third kappa shape index (κ3) is 4.24. The Hall–Kier alpha value is -4.18. The Labute approximate surface area is 201 Å². The molecule has 9 nitrogen and oxygen atoms in total. The van der Waals surface area contributed by atoms with E-state index < -0.39 is 35.1 Å². The van der Waals surface area contributed by atoms with E-state index in [1.807, 2.05) is 36.4 Å². The van der Waals surface area contributed by atoms with Crippen LogP contribution in [0.25, 0.3) is 21.8 Å². The van der Waals surface area contributed by atoms with E-state index in [0.29, 0.717) is 11.3 Å². The first-order chi connectivity index (χ1) is 16.9. The minimum atomic E-state index is -3.69. The summed E-state index contributed by atoms with van der Waals surface area (Å²) >= 11 is 0. The Morgan fingerprint density at radius 1 is 1.00 bits per heavy atom. The SMILES string of the molecule is CCn1c2ccccc2c2cc(NC(=O)COC(=O)CN=C3NS(=O)(=O)c4ccccc43)ccc21. The van der Waals surface area contributed by atoms with Gasteiger partial charge < -0.3 is 14.6 Å². The molecule has 5 rings (SSSR count). The van der Waals surface area contributed by atoms with Gasteiger partial charge in [0.05, 0.1) is 4.90 Å². The molecule has 0 radical (unpaired) electrons. The second kappa shape index (κ2) is 8.88. The van der Waals surface area contributed by atoms with E-state index in [4.69, 9.17) is 4.74 Å². The number of nitrogens with one attached hydrogen (secondary N) is 2. The van der Waals surface area contributed by atoms with Crippen molar-refractivity contribution in [2.45, 2.75) is 18.4 Å². The van der Waals surface area contributed by atoms with Gasteiger partial charge in [-0.05, 0) is 43.3 Å². The molecule has 0 atom stereocenters. The number of hydrogen-bond acceptors (Lipinski definition) is 6. The quantitative estimate of drug-likeness (QED) is 0.403. The lowest BCUT2D eigenvalue weighted by molar-refractivity contribution is -0.145. The van der Waals surface area contributed by atoms with Gasteiger partial charge in [0.2, 0.25) is 0 Å². The number of carbonyl (C=O) groups is 2. The van der Waals surface area contributed by atoms with Crippen molar-refractivity contribution in [3.63, 3.8) is 0 Å². The lowest BCUT2D eigenvalue weighted by Gasteiger charge is -2.07. The molecule has 0 unspecified atom stereocenters. The molecule has 0 spiro atoms. The Morgan fingerprint density at radius 2 is 1.74 bits per heavy atom. The number of sulfonamides is 1. The van der Waals surface area contributed by atoms with Crippen molar-refractivity contribution in [3.05, 3.63) is 72.3 Å². The van der Waals surface area contributed by atoms with Gasteiger partial charge in [0.25, 0.3) is 15.9 Å². The van der Waals surface area contributed by atoms with Gasteiger partial charge in [0.15, 0.2) is 6.61 Å². The molecule has 3 aromatic carbocycles. The smallest absolute Gasteiger partial charge is 0.328 e. The Balaban J connectivity index is 1.22. The Kier molecular flexibility index (Phi) is 5.73. The van der Waals surface area contributed by atoms with Crippen molar-refractivity contribution in [1.82, 2.24) is 9.29 Å². The van der Waals surface area contributed by atoms with Crippen LogP contribution in [0.2, 0.25) is 0 Å². The van der Waals surface area contributed by atoms with E-state index in [-0.39, 0.29) is 10.7 Å². The highest BCUT2D eigenvalue weighted by Gasteiger charge is 2.30. The van der Waals surface area contributed by atoms with Crippen LogP contribution in [0.15, 0.2) is 76.6 Å². The number of aromatic nitrogens is 1. The maximum absolute atomic E-state index is 12.4. The van der Waals surface area contributed by atoms with Gasteiger partial charge >= 0.3 is 5.97 Å². The largest absolute Gasteiger partial charge is 0.454 e. The normalized spacial score (nSPS) is 15.2. The average molecular weight is 491 g/mol. The lowest BCUT2D eigenvalue weighted by Crippen LogP contribution is -2.25. The standard InChI is InChI=1S/C25H22N4O5S/c1-2-29-20-9-5-3-7-17(20)19-13-16(11-12-21(19)29)27-23(30)15-34-24(31)14-26-25-18-8-4-6-10-22(18)35(32,33)28-25/h3-13H,2,14-15H2,1H3,(H,26,28)(H,27,30). The minimum absolute atomic E-state index is 0.0709. The molecule has 2 heterocycles. The number of para-hydroxylation sites is 1. The van der Waals surface area contributed by atoms with Crippen LogP contribution in [0.3, 0.4) is 0 Å². The molecule has 10 heteroatoms. The number of carbonyl (C=O) groups excluding carboxylic acids is 2. The topological polar surface area (TPSA) is 119 Å². The third-order valence-corrected chi connectivity index (χ3v) is 7.16. The van der Waals surface area contributed by atoms with Crippen LogP contribution >= 0.6 is 0 Å². The van der Waals surface area contributed by atoms with Crippen LogP contribution in [-0.4, -0.2) is 43.8 Å². The monoisotopic (exact) mass is 490 g/mol. The number of amidine groups is 1. The minimum Gasteiger partial charge on any atom is -0.454 e. The van der Waals surface area contributed by atoms with E-state index in [1.54, 1.807) is 18.2 Å². The zero-order valence-electron chi connectivity index (χ0n) is 18.8. The zero-order chi connectivity index (χ0) is 24.6. The van der Waals surface area contributed by atoms with Crippen LogP contribution in [0.5, 0.6) is 0 Å². The summed E-state index contributed by atoms with van der Waals surface area (Å²) in [6, 6.07) is 20.1. The molecular weight excluding hydrogens is 468 g/mol. The summed E-state index contributed by atoms with van der Waals surface area (Å²) in [4.78, 5) is 28.6. The highest BCUT2D eigenvalue weighted by molar-refractivity contribution is 7.90. The first-order valence-corrected chi connectivity index (χ1v) is 12.5. The van der Waals surface area contributed by atoms with Crippen molar-refractivity contribution in [1.29, 1.82) is 0 Å². The summed E-state index contributed by atoms with van der Waals surface area (Å²) in [7, 11) is -3.69. The van der Waals surface area contributed by atoms with Gasteiger partial charge in [-0.25, -0.2) is 8.42 Å². The highest BCUT2D eigenvalue weighted by atomic mass is 32.2. The first kappa shape index (κ1) is 22.6. The van der Waals surface area contributed by atoms with Gasteiger partial charge in [-0.3, -0.25) is 19.3 Å². The number of benzene rings is 3. The Bertz CT molecular complexity index is 1620. The van der Waals surface area contributed by atoms with Crippen LogP contribution < -0.4 is 10.0 Å². The van der Waals surface area contributed by atoms with Crippen molar-refractivity contribution < 1.29 is 22.7 Å². The van der Waals surface area contributed by atoms with E-state index >= 15 is 0 Å². The summed E-state index contributed by atoms with van der Waals surface area (Å²) in [6.07, 6.45) is 0. The van der Waals surface area contributed by atoms with Gasteiger partial charge in [0, 0.05) is 39.6 Å². The van der Waals surface area contributed by atoms with Crippen molar-refractivity contribution in [2.75, 3.05) is 18.5 Å². The molecule has 0 bridgehead atoms.